The van der Waals surface area contributed by atoms with Gasteiger partial charge in [0.2, 0.25) is 0 Å². The van der Waals surface area contributed by atoms with Crippen LogP contribution in [-0.2, 0) is 0 Å². The summed E-state index contributed by atoms with van der Waals surface area (Å²) in [5, 5.41) is 14.5. The average Bonchev–Trinajstić information content (AvgIpc) is 1.90. The molecule has 0 aliphatic heterocycles. The van der Waals surface area contributed by atoms with Gasteiger partial charge >= 0.3 is 0 Å². The van der Waals surface area contributed by atoms with Gasteiger partial charge in [0.05, 0.1) is 66.2 Å². The van der Waals surface area contributed by atoms with Crippen molar-refractivity contribution in [2.24, 2.45) is 0 Å². The van der Waals surface area contributed by atoms with E-state index >= 15 is 0 Å². The van der Waals surface area contributed by atoms with E-state index in [-0.39, 0.29) is 0 Å². The van der Waals surface area contributed by atoms with Gasteiger partial charge in [0.15, 0.2) is 0 Å². The number of nitrogens with zero attached hydrogens (tertiary/aromatic N) is 7. The summed E-state index contributed by atoms with van der Waals surface area (Å²) >= 11 is 0. The monoisotopic (exact) mass is 1070 g/mol. The minimum atomic E-state index is 0.869. The number of aromatic nitrogens is 7. The predicted molar refractivity (Wildman–Crippen MR) is 350 cm³/mol. The second-order valence-electron chi connectivity index (χ2n) is 22.3. The topological polar surface area (TPSA) is 42.5 Å². The fourth-order valence-corrected chi connectivity index (χ4v) is 14.6. The Morgan fingerprint density at radius 1 is 0.179 bits per heavy atom. The van der Waals surface area contributed by atoms with E-state index in [1.54, 1.807) is 0 Å². The lowest BCUT2D eigenvalue weighted by molar-refractivity contribution is 1.01. The molecule has 0 aliphatic carbocycles. The van der Waals surface area contributed by atoms with Crippen LogP contribution in [0.2, 0.25) is 0 Å². The molecule has 0 atom stereocenters. The normalized spacial score (nSPS) is 12.3. The third-order valence-electron chi connectivity index (χ3n) is 18.0. The van der Waals surface area contributed by atoms with Crippen molar-refractivity contribution in [3.63, 3.8) is 0 Å². The molecule has 7 heteroatoms. The van der Waals surface area contributed by atoms with Crippen LogP contribution in [0.1, 0.15) is 0 Å². The molecule has 0 aliphatic rings. The van der Waals surface area contributed by atoms with E-state index in [9.17, 15) is 0 Å². The van der Waals surface area contributed by atoms with Crippen LogP contribution in [-0.4, -0.2) is 32.4 Å². The summed E-state index contributed by atoms with van der Waals surface area (Å²) in [5.74, 6) is 1.75. The van der Waals surface area contributed by atoms with Gasteiger partial charge in [-0.15, -0.1) is 0 Å². The van der Waals surface area contributed by atoms with Crippen LogP contribution in [0, 0.1) is 0 Å². The zero-order chi connectivity index (χ0) is 54.7. The van der Waals surface area contributed by atoms with Gasteiger partial charge in [-0.3, -0.25) is 9.13 Å². The molecule has 84 heavy (non-hydrogen) atoms. The lowest BCUT2D eigenvalue weighted by atomic mass is 10.1. The molecule has 0 saturated heterocycles. The second kappa shape index (κ2) is 17.1. The van der Waals surface area contributed by atoms with Crippen LogP contribution in [0.5, 0.6) is 0 Å². The summed E-state index contributed by atoms with van der Waals surface area (Å²) in [7, 11) is 0. The molecule has 7 heterocycles. The zero-order valence-corrected chi connectivity index (χ0v) is 45.3. The lowest BCUT2D eigenvalue weighted by Crippen LogP contribution is -2.03. The van der Waals surface area contributed by atoms with Crippen LogP contribution < -0.4 is 0 Å². The Bertz CT molecular complexity index is 5900. The van der Waals surface area contributed by atoms with E-state index < -0.39 is 0 Å². The Morgan fingerprint density at radius 2 is 0.476 bits per heavy atom. The van der Waals surface area contributed by atoms with Gasteiger partial charge in [-0.05, 0) is 115 Å². The largest absolute Gasteiger partial charge is 0.309 e. The molecule has 19 rings (SSSR count). The smallest absolute Gasteiger partial charge is 0.140 e. The Labute approximate surface area is 480 Å². The highest BCUT2D eigenvalue weighted by atomic mass is 15.1. The zero-order valence-electron chi connectivity index (χ0n) is 45.3. The number of para-hydroxylation sites is 8. The molecule has 7 nitrogen and oxygen atoms in total. The molecule has 0 N–H and O–H groups in total. The van der Waals surface area contributed by atoms with Crippen LogP contribution in [0.15, 0.2) is 285 Å². The van der Waals surface area contributed by atoms with Gasteiger partial charge in [-0.2, -0.15) is 0 Å². The van der Waals surface area contributed by atoms with Crippen molar-refractivity contribution in [3.05, 3.63) is 285 Å². The van der Waals surface area contributed by atoms with Crippen molar-refractivity contribution in [2.75, 3.05) is 0 Å². The van der Waals surface area contributed by atoms with Crippen LogP contribution >= 0.6 is 0 Å². The molecule has 0 amide bonds. The van der Waals surface area contributed by atoms with Gasteiger partial charge in [0, 0.05) is 87.4 Å². The summed E-state index contributed by atoms with van der Waals surface area (Å²) < 4.78 is 14.5. The van der Waals surface area contributed by atoms with Crippen molar-refractivity contribution >= 4 is 131 Å². The molecule has 12 aromatic carbocycles. The first kappa shape index (κ1) is 45.3. The van der Waals surface area contributed by atoms with Gasteiger partial charge in [0.1, 0.15) is 11.6 Å². The highest BCUT2D eigenvalue weighted by Crippen LogP contribution is 2.45. The number of rotatable bonds is 6. The Balaban J connectivity index is 0.805. The molecule has 7 aromatic heterocycles. The first-order chi connectivity index (χ1) is 41.7. The Kier molecular flexibility index (Phi) is 9.21. The number of hydrogen-bond donors (Lipinski definition) is 0. The lowest BCUT2D eigenvalue weighted by Gasteiger charge is -2.14. The maximum Gasteiger partial charge on any atom is 0.140 e. The van der Waals surface area contributed by atoms with Crippen molar-refractivity contribution < 1.29 is 0 Å². The van der Waals surface area contributed by atoms with Crippen LogP contribution in [0.25, 0.3) is 165 Å². The van der Waals surface area contributed by atoms with Crippen molar-refractivity contribution in [2.45, 2.75) is 0 Å². The first-order valence-corrected chi connectivity index (χ1v) is 28.8. The van der Waals surface area contributed by atoms with E-state index in [4.69, 9.17) is 4.98 Å². The van der Waals surface area contributed by atoms with Crippen LogP contribution in [0.3, 0.4) is 0 Å². The number of hydrogen-bond acceptors (Lipinski definition) is 1. The number of benzene rings is 12. The highest BCUT2D eigenvalue weighted by molar-refractivity contribution is 6.26. The number of fused-ring (bicyclic) bond motifs is 19. The fourth-order valence-electron chi connectivity index (χ4n) is 14.6. The minimum Gasteiger partial charge on any atom is -0.309 e. The van der Waals surface area contributed by atoms with Crippen molar-refractivity contribution in [1.82, 2.24) is 32.4 Å². The molecule has 0 fully saturated rings. The van der Waals surface area contributed by atoms with Gasteiger partial charge in [-0.25, -0.2) is 4.98 Å². The molecule has 0 spiro atoms. The summed E-state index contributed by atoms with van der Waals surface area (Å²) in [5.41, 5.74) is 18.3. The summed E-state index contributed by atoms with van der Waals surface area (Å²) in [6.07, 6.45) is 0. The molecular formula is C77H47N7. The summed E-state index contributed by atoms with van der Waals surface area (Å²) in [6, 6.07) is 104. The van der Waals surface area contributed by atoms with E-state index in [0.29, 0.717) is 0 Å². The highest BCUT2D eigenvalue weighted by Gasteiger charge is 2.24. The summed E-state index contributed by atoms with van der Waals surface area (Å²) in [6.45, 7) is 0. The maximum atomic E-state index is 5.53. The average molecular weight is 1070 g/mol. The molecule has 0 radical (unpaired) electrons. The van der Waals surface area contributed by atoms with E-state index in [1.165, 1.54) is 86.7 Å². The van der Waals surface area contributed by atoms with Gasteiger partial charge in [0.25, 0.3) is 0 Å². The molecule has 0 unspecified atom stereocenters. The van der Waals surface area contributed by atoms with Gasteiger partial charge < -0.3 is 18.3 Å². The predicted octanol–water partition coefficient (Wildman–Crippen LogP) is 19.7. The van der Waals surface area contributed by atoms with E-state index in [1.807, 2.05) is 0 Å². The third kappa shape index (κ3) is 6.16. The fraction of sp³-hybridized carbons (Fsp3) is 0. The Hall–Kier alpha value is -11.4. The maximum absolute atomic E-state index is 5.53. The SMILES string of the molecule is c1cc(-n2c3ccccc3c3cc4c(cc32)c2ccccc2n4-c2cccc(-n3c4ccccc4c4ccccc43)n2)cc(-n2c3ccccc3c3c2ccc2c4ccccc4n(-c4cccc(-n5c6ccccc6c6ccccc65)c4)c23)c1. The first-order valence-electron chi connectivity index (χ1n) is 28.8. The Morgan fingerprint density at radius 3 is 0.929 bits per heavy atom. The minimum absolute atomic E-state index is 0.869. The standard InChI is InChI=1S/C77H47N7/c1-9-32-63-52(24-1)53-25-2-10-33-64(53)79(63)48-20-18-23-51(45-48)82-66-35-12-5-28-56(66)59-42-43-71-76(77(59)82)60-31-8-16-39-70(60)80(71)49-21-17-22-50(44-49)81-65-34-11-6-29-57(65)61-47-73-62(46-72(61)81)58-30-7-15-38-69(58)84(73)75-41-19-40-74(78-75)83-67-36-13-3-26-54(67)55-27-4-14-37-68(55)83/h1-47H. The van der Waals surface area contributed by atoms with Crippen molar-refractivity contribution in [3.8, 4) is 34.4 Å². The van der Waals surface area contributed by atoms with Crippen molar-refractivity contribution in [1.29, 1.82) is 0 Å². The quantitative estimate of drug-likeness (QED) is 0.164. The molecular weight excluding hydrogens is 1020 g/mol. The molecule has 0 bridgehead atoms. The van der Waals surface area contributed by atoms with Gasteiger partial charge in [-0.1, -0.05) is 170 Å². The van der Waals surface area contributed by atoms with Crippen LogP contribution in [0.4, 0.5) is 0 Å². The van der Waals surface area contributed by atoms with E-state index in [0.717, 1.165) is 78.5 Å². The third-order valence-corrected chi connectivity index (χ3v) is 18.0. The molecule has 19 aromatic rings. The van der Waals surface area contributed by atoms with E-state index in [2.05, 4.69) is 313 Å². The molecule has 0 saturated carbocycles. The second-order valence-corrected chi connectivity index (χ2v) is 22.3. The summed E-state index contributed by atoms with van der Waals surface area (Å²) in [4.78, 5) is 5.53. The number of pyridine rings is 1. The molecule has 390 valence electrons.